The molecule has 0 aliphatic rings. The highest BCUT2D eigenvalue weighted by Crippen LogP contribution is 2.22. The number of hydrogen-bond acceptors (Lipinski definition) is 6. The summed E-state index contributed by atoms with van der Waals surface area (Å²) in [5.74, 6) is 0.264. The standard InChI is InChI=1S/C26H23N3O3S2/c1-18-27-20(17-34-18)16-32-21-7-4-6-19(14-21)11-12-25(30)28-23-9-2-3-10-24(23)29-26(31)15-22-8-5-13-33-22/h2-14,17H,15-16H2,1H3,(H,28,30)(H,29,31)/b12-11+. The number of hydrogen-bond donors (Lipinski definition) is 2. The Bertz CT molecular complexity index is 1300. The molecule has 0 aliphatic heterocycles. The third-order valence-corrected chi connectivity index (χ3v) is 6.41. The number of nitrogens with one attached hydrogen (secondary N) is 2. The zero-order valence-corrected chi connectivity index (χ0v) is 20.1. The van der Waals surface area contributed by atoms with Crippen LogP contribution in [0.5, 0.6) is 5.75 Å². The SMILES string of the molecule is Cc1nc(COc2cccc(/C=C/C(=O)Nc3ccccc3NC(=O)Cc3cccs3)c2)cs1. The molecule has 2 aromatic heterocycles. The molecule has 172 valence electrons. The van der Waals surface area contributed by atoms with E-state index >= 15 is 0 Å². The maximum atomic E-state index is 12.5. The quantitative estimate of drug-likeness (QED) is 0.286. The predicted molar refractivity (Wildman–Crippen MR) is 138 cm³/mol. The molecule has 0 spiro atoms. The summed E-state index contributed by atoms with van der Waals surface area (Å²) in [6, 6.07) is 18.5. The lowest BCUT2D eigenvalue weighted by molar-refractivity contribution is -0.115. The van der Waals surface area contributed by atoms with E-state index in [-0.39, 0.29) is 11.8 Å². The lowest BCUT2D eigenvalue weighted by Crippen LogP contribution is -2.16. The summed E-state index contributed by atoms with van der Waals surface area (Å²) in [5, 5.41) is 10.6. The largest absolute Gasteiger partial charge is 0.487 e. The number of aryl methyl sites for hydroxylation is 1. The van der Waals surface area contributed by atoms with E-state index < -0.39 is 0 Å². The first kappa shape index (κ1) is 23.4. The van der Waals surface area contributed by atoms with Crippen LogP contribution >= 0.6 is 22.7 Å². The van der Waals surface area contributed by atoms with Crippen molar-refractivity contribution in [2.45, 2.75) is 20.0 Å². The van der Waals surface area contributed by atoms with E-state index in [1.807, 2.05) is 60.1 Å². The molecule has 2 heterocycles. The van der Waals surface area contributed by atoms with E-state index in [9.17, 15) is 9.59 Å². The van der Waals surface area contributed by atoms with E-state index in [4.69, 9.17) is 4.74 Å². The number of thiazole rings is 1. The average molecular weight is 490 g/mol. The Morgan fingerprint density at radius 2 is 1.82 bits per heavy atom. The van der Waals surface area contributed by atoms with E-state index in [2.05, 4.69) is 15.6 Å². The Morgan fingerprint density at radius 3 is 2.56 bits per heavy atom. The van der Waals surface area contributed by atoms with Gasteiger partial charge in [0.1, 0.15) is 12.4 Å². The highest BCUT2D eigenvalue weighted by Gasteiger charge is 2.09. The van der Waals surface area contributed by atoms with Gasteiger partial charge in [0.05, 0.1) is 28.5 Å². The Kier molecular flexibility index (Phi) is 7.85. The maximum Gasteiger partial charge on any atom is 0.248 e. The fourth-order valence-electron chi connectivity index (χ4n) is 3.15. The molecule has 4 rings (SSSR count). The van der Waals surface area contributed by atoms with Gasteiger partial charge in [-0.3, -0.25) is 9.59 Å². The van der Waals surface area contributed by atoms with Crippen molar-refractivity contribution in [1.82, 2.24) is 4.98 Å². The number of carbonyl (C=O) groups excluding carboxylic acids is 2. The predicted octanol–water partition coefficient (Wildman–Crippen LogP) is 5.93. The molecule has 0 radical (unpaired) electrons. The molecule has 0 unspecified atom stereocenters. The number of anilines is 2. The summed E-state index contributed by atoms with van der Waals surface area (Å²) < 4.78 is 5.81. The molecule has 0 saturated heterocycles. The monoisotopic (exact) mass is 489 g/mol. The Labute approximate surface area is 206 Å². The molecular formula is C26H23N3O3S2. The fourth-order valence-corrected chi connectivity index (χ4v) is 4.45. The molecule has 0 aliphatic carbocycles. The number of thiophene rings is 1. The van der Waals surface area contributed by atoms with Gasteiger partial charge in [-0.1, -0.05) is 30.3 Å². The van der Waals surface area contributed by atoms with Crippen molar-refractivity contribution in [3.63, 3.8) is 0 Å². The summed E-state index contributed by atoms with van der Waals surface area (Å²) in [7, 11) is 0. The lowest BCUT2D eigenvalue weighted by atomic mass is 10.2. The summed E-state index contributed by atoms with van der Waals surface area (Å²) in [6.07, 6.45) is 3.46. The van der Waals surface area contributed by atoms with Crippen molar-refractivity contribution in [2.24, 2.45) is 0 Å². The molecule has 34 heavy (non-hydrogen) atoms. The topological polar surface area (TPSA) is 80.3 Å². The first-order valence-corrected chi connectivity index (χ1v) is 12.4. The van der Waals surface area contributed by atoms with Gasteiger partial charge < -0.3 is 15.4 Å². The van der Waals surface area contributed by atoms with Crippen LogP contribution in [0.4, 0.5) is 11.4 Å². The lowest BCUT2D eigenvalue weighted by Gasteiger charge is -2.11. The van der Waals surface area contributed by atoms with Crippen LogP contribution in [0.1, 0.15) is 21.1 Å². The van der Waals surface area contributed by atoms with Crippen molar-refractivity contribution < 1.29 is 14.3 Å². The van der Waals surface area contributed by atoms with Crippen molar-refractivity contribution >= 4 is 51.9 Å². The van der Waals surface area contributed by atoms with Crippen LogP contribution in [0.25, 0.3) is 6.08 Å². The number of nitrogens with zero attached hydrogens (tertiary/aromatic N) is 1. The molecule has 0 bridgehead atoms. The van der Waals surface area contributed by atoms with Crippen molar-refractivity contribution in [3.8, 4) is 5.75 Å². The van der Waals surface area contributed by atoms with E-state index in [1.54, 1.807) is 35.6 Å². The minimum absolute atomic E-state index is 0.135. The zero-order valence-electron chi connectivity index (χ0n) is 18.5. The van der Waals surface area contributed by atoms with Gasteiger partial charge in [-0.25, -0.2) is 4.98 Å². The van der Waals surface area contributed by atoms with Gasteiger partial charge in [-0.2, -0.15) is 0 Å². The van der Waals surface area contributed by atoms with Crippen molar-refractivity contribution in [1.29, 1.82) is 0 Å². The van der Waals surface area contributed by atoms with Gasteiger partial charge >= 0.3 is 0 Å². The molecule has 4 aromatic rings. The van der Waals surface area contributed by atoms with Crippen LogP contribution in [0, 0.1) is 6.92 Å². The molecule has 2 amide bonds. The second-order valence-corrected chi connectivity index (χ2v) is 9.49. The number of rotatable bonds is 9. The molecule has 0 fully saturated rings. The molecule has 8 heteroatoms. The van der Waals surface area contributed by atoms with Crippen LogP contribution in [0.15, 0.2) is 77.5 Å². The number of para-hydroxylation sites is 2. The normalized spacial score (nSPS) is 10.9. The number of carbonyl (C=O) groups is 2. The first-order valence-electron chi connectivity index (χ1n) is 10.6. The van der Waals surface area contributed by atoms with E-state index in [1.165, 1.54) is 17.4 Å². The minimum atomic E-state index is -0.302. The van der Waals surface area contributed by atoms with Gasteiger partial charge in [-0.05, 0) is 54.3 Å². The summed E-state index contributed by atoms with van der Waals surface area (Å²) in [4.78, 5) is 30.3. The number of benzene rings is 2. The zero-order chi connectivity index (χ0) is 23.8. The van der Waals surface area contributed by atoms with Gasteiger partial charge in [0.15, 0.2) is 0 Å². The van der Waals surface area contributed by atoms with Gasteiger partial charge in [0.25, 0.3) is 0 Å². The molecular weight excluding hydrogens is 466 g/mol. The number of aromatic nitrogens is 1. The molecule has 6 nitrogen and oxygen atoms in total. The third-order valence-electron chi connectivity index (χ3n) is 4.71. The molecule has 2 aromatic carbocycles. The van der Waals surface area contributed by atoms with Crippen LogP contribution in [0.2, 0.25) is 0 Å². The van der Waals surface area contributed by atoms with Crippen LogP contribution < -0.4 is 15.4 Å². The Morgan fingerprint density at radius 1 is 1.00 bits per heavy atom. The third kappa shape index (κ3) is 6.87. The molecule has 2 N–H and O–H groups in total. The van der Waals surface area contributed by atoms with Crippen LogP contribution in [-0.2, 0) is 22.6 Å². The highest BCUT2D eigenvalue weighted by molar-refractivity contribution is 7.10. The van der Waals surface area contributed by atoms with Crippen LogP contribution in [-0.4, -0.2) is 16.8 Å². The summed E-state index contributed by atoms with van der Waals surface area (Å²) >= 11 is 3.12. The number of amides is 2. The van der Waals surface area contributed by atoms with Gasteiger partial charge in [0.2, 0.25) is 11.8 Å². The summed E-state index contributed by atoms with van der Waals surface area (Å²) in [6.45, 7) is 2.36. The second kappa shape index (κ2) is 11.4. The highest BCUT2D eigenvalue weighted by atomic mass is 32.1. The molecule has 0 atom stereocenters. The fraction of sp³-hybridized carbons (Fsp3) is 0.115. The van der Waals surface area contributed by atoms with Gasteiger partial charge in [-0.15, -0.1) is 22.7 Å². The minimum Gasteiger partial charge on any atom is -0.487 e. The number of ether oxygens (including phenoxy) is 1. The van der Waals surface area contributed by atoms with Crippen LogP contribution in [0.3, 0.4) is 0 Å². The maximum absolute atomic E-state index is 12.5. The van der Waals surface area contributed by atoms with Crippen molar-refractivity contribution in [2.75, 3.05) is 10.6 Å². The first-order chi connectivity index (χ1) is 16.5. The van der Waals surface area contributed by atoms with Gasteiger partial charge in [0, 0.05) is 16.3 Å². The average Bonchev–Trinajstić information content (AvgIpc) is 3.49. The molecule has 0 saturated carbocycles. The Hall–Kier alpha value is -3.75. The summed E-state index contributed by atoms with van der Waals surface area (Å²) in [5.41, 5.74) is 2.81. The second-order valence-electron chi connectivity index (χ2n) is 7.39. The van der Waals surface area contributed by atoms with Crippen molar-refractivity contribution in [3.05, 3.63) is 98.6 Å². The van der Waals surface area contributed by atoms with E-state index in [0.717, 1.165) is 21.1 Å². The smallest absolute Gasteiger partial charge is 0.248 e. The Balaban J connectivity index is 1.34. The van der Waals surface area contributed by atoms with E-state index in [0.29, 0.717) is 30.2 Å².